The average Bonchev–Trinajstić information content (AvgIpc) is 2.79. The number of aliphatic imine (C=N–C) groups is 1. The Labute approximate surface area is 155 Å². The summed E-state index contributed by atoms with van der Waals surface area (Å²) in [5, 5.41) is 0.711. The predicted octanol–water partition coefficient (Wildman–Crippen LogP) is 4.74. The summed E-state index contributed by atoms with van der Waals surface area (Å²) >= 11 is 7.82. The summed E-state index contributed by atoms with van der Waals surface area (Å²) in [5.74, 6) is 0. The van der Waals surface area contributed by atoms with Crippen LogP contribution in [0.25, 0.3) is 10.4 Å². The van der Waals surface area contributed by atoms with Gasteiger partial charge in [0.25, 0.3) is 5.56 Å². The SMILES string of the molecule is Cc1sc2c(c1C)C(c1ccc(Cl)cc1)=NCc1cc(=O)n(C)cc1-2. The number of aromatic nitrogens is 1. The Balaban J connectivity index is 2.02. The predicted molar refractivity (Wildman–Crippen MR) is 105 cm³/mol. The standard InChI is InChI=1S/C20H17ClN2OS/c1-11-12(2)25-20-16-10-23(3)17(24)8-14(16)9-22-19(18(11)20)13-4-6-15(21)7-5-13/h4-8,10H,9H2,1-3H3. The van der Waals surface area contributed by atoms with Crippen LogP contribution in [0.4, 0.5) is 0 Å². The first-order valence-electron chi connectivity index (χ1n) is 8.06. The fourth-order valence-corrected chi connectivity index (χ4v) is 4.53. The van der Waals surface area contributed by atoms with Crippen LogP contribution in [-0.4, -0.2) is 10.3 Å². The second-order valence-electron chi connectivity index (χ2n) is 6.32. The van der Waals surface area contributed by atoms with Gasteiger partial charge in [-0.25, -0.2) is 0 Å². The Hall–Kier alpha value is -2.17. The maximum atomic E-state index is 12.1. The minimum atomic E-state index is -0.00422. The van der Waals surface area contributed by atoms with E-state index < -0.39 is 0 Å². The van der Waals surface area contributed by atoms with Gasteiger partial charge in [0, 0.05) is 50.8 Å². The highest BCUT2D eigenvalue weighted by atomic mass is 35.5. The summed E-state index contributed by atoms with van der Waals surface area (Å²) in [6, 6.07) is 9.50. The number of hydrogen-bond acceptors (Lipinski definition) is 3. The van der Waals surface area contributed by atoms with Crippen molar-refractivity contribution in [1.82, 2.24) is 4.57 Å². The zero-order chi connectivity index (χ0) is 17.7. The lowest BCUT2D eigenvalue weighted by atomic mass is 9.96. The number of nitrogens with zero attached hydrogens (tertiary/aromatic N) is 2. The molecule has 0 unspecified atom stereocenters. The van der Waals surface area contributed by atoms with Crippen LogP contribution in [-0.2, 0) is 13.6 Å². The van der Waals surface area contributed by atoms with E-state index in [4.69, 9.17) is 16.6 Å². The second kappa shape index (κ2) is 5.97. The molecule has 0 radical (unpaired) electrons. The molecule has 25 heavy (non-hydrogen) atoms. The van der Waals surface area contributed by atoms with Gasteiger partial charge in [-0.3, -0.25) is 9.79 Å². The van der Waals surface area contributed by atoms with Crippen molar-refractivity contribution >= 4 is 28.6 Å². The lowest BCUT2D eigenvalue weighted by Gasteiger charge is -2.09. The first kappa shape index (κ1) is 16.3. The minimum absolute atomic E-state index is 0.00422. The van der Waals surface area contributed by atoms with E-state index in [1.807, 2.05) is 30.5 Å². The van der Waals surface area contributed by atoms with Gasteiger partial charge in [-0.05, 0) is 37.1 Å². The molecule has 1 aliphatic heterocycles. The molecule has 0 bridgehead atoms. The Morgan fingerprint density at radius 3 is 2.64 bits per heavy atom. The van der Waals surface area contributed by atoms with Crippen LogP contribution >= 0.6 is 22.9 Å². The van der Waals surface area contributed by atoms with Crippen LogP contribution in [0, 0.1) is 13.8 Å². The van der Waals surface area contributed by atoms with Crippen molar-refractivity contribution in [3.8, 4) is 10.4 Å². The molecule has 0 saturated carbocycles. The molecule has 3 nitrogen and oxygen atoms in total. The van der Waals surface area contributed by atoms with Crippen molar-refractivity contribution in [2.24, 2.45) is 12.0 Å². The van der Waals surface area contributed by atoms with Gasteiger partial charge in [-0.15, -0.1) is 11.3 Å². The maximum Gasteiger partial charge on any atom is 0.250 e. The Morgan fingerprint density at radius 1 is 1.20 bits per heavy atom. The highest BCUT2D eigenvalue weighted by Gasteiger charge is 2.24. The van der Waals surface area contributed by atoms with E-state index in [0.717, 1.165) is 22.4 Å². The fourth-order valence-electron chi connectivity index (χ4n) is 3.19. The molecule has 0 fully saturated rings. The third-order valence-electron chi connectivity index (χ3n) is 4.71. The summed E-state index contributed by atoms with van der Waals surface area (Å²) in [6.07, 6.45) is 1.94. The number of rotatable bonds is 1. The highest BCUT2D eigenvalue weighted by Crippen LogP contribution is 2.40. The van der Waals surface area contributed by atoms with Gasteiger partial charge in [0.05, 0.1) is 12.3 Å². The van der Waals surface area contributed by atoms with Gasteiger partial charge in [-0.1, -0.05) is 23.7 Å². The van der Waals surface area contributed by atoms with E-state index in [0.29, 0.717) is 11.6 Å². The number of hydrogen-bond donors (Lipinski definition) is 0. The molecular weight excluding hydrogens is 352 g/mol. The molecule has 0 atom stereocenters. The highest BCUT2D eigenvalue weighted by molar-refractivity contribution is 7.16. The topological polar surface area (TPSA) is 34.4 Å². The lowest BCUT2D eigenvalue weighted by molar-refractivity contribution is 0.852. The molecule has 0 amide bonds. The van der Waals surface area contributed by atoms with Crippen molar-refractivity contribution in [2.45, 2.75) is 20.4 Å². The van der Waals surface area contributed by atoms with Crippen molar-refractivity contribution < 1.29 is 0 Å². The Kier molecular flexibility index (Phi) is 3.89. The summed E-state index contributed by atoms with van der Waals surface area (Å²) in [5.41, 5.74) is 6.51. The molecule has 0 aliphatic carbocycles. The van der Waals surface area contributed by atoms with Gasteiger partial charge in [-0.2, -0.15) is 0 Å². The van der Waals surface area contributed by atoms with Gasteiger partial charge in [0.2, 0.25) is 0 Å². The number of halogens is 1. The quantitative estimate of drug-likeness (QED) is 0.611. The summed E-state index contributed by atoms with van der Waals surface area (Å²) in [4.78, 5) is 19.4. The molecule has 2 aromatic heterocycles. The Morgan fingerprint density at radius 2 is 1.92 bits per heavy atom. The van der Waals surface area contributed by atoms with Gasteiger partial charge in [0.1, 0.15) is 0 Å². The molecule has 0 N–H and O–H groups in total. The molecule has 1 aromatic carbocycles. The smallest absolute Gasteiger partial charge is 0.250 e. The van der Waals surface area contributed by atoms with Crippen molar-refractivity contribution in [3.05, 3.63) is 79.0 Å². The zero-order valence-corrected chi connectivity index (χ0v) is 15.8. The monoisotopic (exact) mass is 368 g/mol. The van der Waals surface area contributed by atoms with Crippen molar-refractivity contribution in [3.63, 3.8) is 0 Å². The van der Waals surface area contributed by atoms with Crippen molar-refractivity contribution in [1.29, 1.82) is 0 Å². The van der Waals surface area contributed by atoms with E-state index in [1.54, 1.807) is 29.0 Å². The molecular formula is C20H17ClN2OS. The van der Waals surface area contributed by atoms with Gasteiger partial charge in [0.15, 0.2) is 0 Å². The fraction of sp³-hybridized carbons (Fsp3) is 0.200. The lowest BCUT2D eigenvalue weighted by Crippen LogP contribution is -2.16. The van der Waals surface area contributed by atoms with Crippen LogP contribution < -0.4 is 5.56 Å². The van der Waals surface area contributed by atoms with Gasteiger partial charge >= 0.3 is 0 Å². The van der Waals surface area contributed by atoms with Crippen LogP contribution in [0.3, 0.4) is 0 Å². The van der Waals surface area contributed by atoms with Crippen LogP contribution in [0.15, 0.2) is 46.3 Å². The van der Waals surface area contributed by atoms with Gasteiger partial charge < -0.3 is 4.57 Å². The second-order valence-corrected chi connectivity index (χ2v) is 7.98. The molecule has 4 rings (SSSR count). The van der Waals surface area contributed by atoms with E-state index in [9.17, 15) is 4.79 Å². The maximum absolute atomic E-state index is 12.1. The number of aryl methyl sites for hydroxylation is 2. The largest absolute Gasteiger partial charge is 0.318 e. The molecule has 3 aromatic rings. The third kappa shape index (κ3) is 2.66. The normalized spacial score (nSPS) is 13.0. The van der Waals surface area contributed by atoms with Crippen LogP contribution in [0.1, 0.15) is 27.1 Å². The average molecular weight is 369 g/mol. The molecule has 3 heterocycles. The van der Waals surface area contributed by atoms with E-state index in [2.05, 4.69) is 13.8 Å². The Bertz CT molecular complexity index is 1070. The molecule has 126 valence electrons. The molecule has 0 saturated heterocycles. The van der Waals surface area contributed by atoms with Crippen LogP contribution in [0.2, 0.25) is 5.02 Å². The van der Waals surface area contributed by atoms with E-state index in [-0.39, 0.29) is 5.56 Å². The summed E-state index contributed by atoms with van der Waals surface area (Å²) in [7, 11) is 1.79. The number of benzene rings is 1. The first-order chi connectivity index (χ1) is 12.0. The number of fused-ring (bicyclic) bond motifs is 3. The number of thiophene rings is 1. The molecule has 5 heteroatoms. The summed E-state index contributed by atoms with van der Waals surface area (Å²) in [6.45, 7) is 4.78. The molecule has 1 aliphatic rings. The van der Waals surface area contributed by atoms with E-state index >= 15 is 0 Å². The van der Waals surface area contributed by atoms with Crippen LogP contribution in [0.5, 0.6) is 0 Å². The number of pyridine rings is 1. The minimum Gasteiger partial charge on any atom is -0.318 e. The summed E-state index contributed by atoms with van der Waals surface area (Å²) < 4.78 is 1.64. The first-order valence-corrected chi connectivity index (χ1v) is 9.26. The zero-order valence-electron chi connectivity index (χ0n) is 14.3. The van der Waals surface area contributed by atoms with Crippen molar-refractivity contribution in [2.75, 3.05) is 0 Å². The van der Waals surface area contributed by atoms with E-state index in [1.165, 1.54) is 20.9 Å². The molecule has 0 spiro atoms. The third-order valence-corrected chi connectivity index (χ3v) is 6.20.